The van der Waals surface area contributed by atoms with Gasteiger partial charge in [0.25, 0.3) is 0 Å². The van der Waals surface area contributed by atoms with Gasteiger partial charge in [-0.2, -0.15) is 0 Å². The van der Waals surface area contributed by atoms with Crippen molar-refractivity contribution in [2.75, 3.05) is 12.9 Å². The molecule has 2 nitrogen and oxygen atoms in total. The van der Waals surface area contributed by atoms with Crippen molar-refractivity contribution in [2.45, 2.75) is 19.4 Å². The quantitative estimate of drug-likeness (QED) is 0.763. The van der Waals surface area contributed by atoms with Crippen LogP contribution in [0, 0.1) is 11.6 Å². The van der Waals surface area contributed by atoms with Crippen LogP contribution in [-0.2, 0) is 11.2 Å². The standard InChI is InChI=1S/C12H14ClF2NO/c1-8(7-13)16(2)12(17)6-9-3-4-10(14)11(15)5-9/h3-5,8H,6-7H2,1-2H3. The third-order valence-electron chi connectivity index (χ3n) is 2.62. The second-order valence-electron chi connectivity index (χ2n) is 3.93. The summed E-state index contributed by atoms with van der Waals surface area (Å²) >= 11 is 5.64. The van der Waals surface area contributed by atoms with E-state index in [1.165, 1.54) is 11.0 Å². The maximum Gasteiger partial charge on any atom is 0.227 e. The molecule has 1 rings (SSSR count). The molecule has 5 heteroatoms. The molecule has 0 aliphatic heterocycles. The molecule has 0 spiro atoms. The van der Waals surface area contributed by atoms with Gasteiger partial charge in [-0.3, -0.25) is 4.79 Å². The maximum absolute atomic E-state index is 12.9. The number of halogens is 3. The molecule has 0 aliphatic rings. The SMILES string of the molecule is CC(CCl)N(C)C(=O)Cc1ccc(F)c(F)c1. The van der Waals surface area contributed by atoms with Gasteiger partial charge < -0.3 is 4.90 Å². The molecule has 0 fully saturated rings. The van der Waals surface area contributed by atoms with Crippen molar-refractivity contribution >= 4 is 17.5 Å². The number of likely N-dealkylation sites (N-methyl/N-ethyl adjacent to an activating group) is 1. The van der Waals surface area contributed by atoms with E-state index in [0.29, 0.717) is 11.4 Å². The zero-order valence-electron chi connectivity index (χ0n) is 9.71. The molecular formula is C12H14ClF2NO. The third kappa shape index (κ3) is 3.66. The van der Waals surface area contributed by atoms with Crippen LogP contribution in [-0.4, -0.2) is 29.8 Å². The molecule has 0 heterocycles. The molecule has 0 bridgehead atoms. The summed E-state index contributed by atoms with van der Waals surface area (Å²) in [5.41, 5.74) is 0.447. The minimum Gasteiger partial charge on any atom is -0.342 e. The number of carbonyl (C=O) groups excluding carboxylic acids is 1. The van der Waals surface area contributed by atoms with Crippen LogP contribution in [0.25, 0.3) is 0 Å². The van der Waals surface area contributed by atoms with Crippen LogP contribution in [0.3, 0.4) is 0 Å². The summed E-state index contributed by atoms with van der Waals surface area (Å²) in [6.45, 7) is 1.82. The van der Waals surface area contributed by atoms with E-state index < -0.39 is 11.6 Å². The number of hydrogen-bond acceptors (Lipinski definition) is 1. The predicted molar refractivity (Wildman–Crippen MR) is 63.0 cm³/mol. The van der Waals surface area contributed by atoms with Crippen LogP contribution in [0.15, 0.2) is 18.2 Å². The minimum atomic E-state index is -0.941. The number of carbonyl (C=O) groups is 1. The Morgan fingerprint density at radius 1 is 1.41 bits per heavy atom. The average molecular weight is 262 g/mol. The fourth-order valence-corrected chi connectivity index (χ4v) is 1.51. The molecule has 94 valence electrons. The van der Waals surface area contributed by atoms with Crippen LogP contribution in [0.2, 0.25) is 0 Å². The maximum atomic E-state index is 12.9. The van der Waals surface area contributed by atoms with Gasteiger partial charge in [0.15, 0.2) is 11.6 Å². The minimum absolute atomic E-state index is 0.0366. The summed E-state index contributed by atoms with van der Waals surface area (Å²) in [5, 5.41) is 0. The van der Waals surface area contributed by atoms with Gasteiger partial charge in [0.05, 0.1) is 6.42 Å². The topological polar surface area (TPSA) is 20.3 Å². The fraction of sp³-hybridized carbons (Fsp3) is 0.417. The first-order valence-electron chi connectivity index (χ1n) is 5.21. The highest BCUT2D eigenvalue weighted by atomic mass is 35.5. The molecule has 1 unspecified atom stereocenters. The third-order valence-corrected chi connectivity index (χ3v) is 3.06. The first-order valence-corrected chi connectivity index (χ1v) is 5.74. The van der Waals surface area contributed by atoms with Gasteiger partial charge in [0, 0.05) is 19.0 Å². The van der Waals surface area contributed by atoms with E-state index in [0.717, 1.165) is 12.1 Å². The summed E-state index contributed by atoms with van der Waals surface area (Å²) in [6, 6.07) is 3.36. The van der Waals surface area contributed by atoms with Crippen molar-refractivity contribution in [1.29, 1.82) is 0 Å². The molecule has 0 radical (unpaired) electrons. The fourth-order valence-electron chi connectivity index (χ4n) is 1.30. The van der Waals surface area contributed by atoms with Crippen molar-refractivity contribution in [3.63, 3.8) is 0 Å². The lowest BCUT2D eigenvalue weighted by Gasteiger charge is -2.23. The van der Waals surface area contributed by atoms with Crippen LogP contribution >= 0.6 is 11.6 Å². The Kier molecular flexibility index (Phi) is 4.87. The van der Waals surface area contributed by atoms with Crippen LogP contribution in [0.5, 0.6) is 0 Å². The lowest BCUT2D eigenvalue weighted by Crippen LogP contribution is -2.37. The highest BCUT2D eigenvalue weighted by Gasteiger charge is 2.15. The molecule has 0 saturated heterocycles. The molecular weight excluding hydrogens is 248 g/mol. The zero-order valence-corrected chi connectivity index (χ0v) is 10.5. The summed E-state index contributed by atoms with van der Waals surface area (Å²) in [6.07, 6.45) is 0.0366. The summed E-state index contributed by atoms with van der Waals surface area (Å²) < 4.78 is 25.6. The van der Waals surface area contributed by atoms with Gasteiger partial charge in [0.1, 0.15) is 0 Å². The van der Waals surface area contributed by atoms with E-state index in [1.54, 1.807) is 7.05 Å². The van der Waals surface area contributed by atoms with E-state index in [9.17, 15) is 13.6 Å². The van der Waals surface area contributed by atoms with Crippen molar-refractivity contribution in [3.05, 3.63) is 35.4 Å². The van der Waals surface area contributed by atoms with E-state index in [2.05, 4.69) is 0 Å². The van der Waals surface area contributed by atoms with Crippen molar-refractivity contribution in [1.82, 2.24) is 4.90 Å². The number of alkyl halides is 1. The molecule has 1 amide bonds. The van der Waals surface area contributed by atoms with Gasteiger partial charge >= 0.3 is 0 Å². The Bertz CT molecular complexity index is 411. The lowest BCUT2D eigenvalue weighted by molar-refractivity contribution is -0.130. The normalized spacial score (nSPS) is 12.3. The number of benzene rings is 1. The van der Waals surface area contributed by atoms with Gasteiger partial charge in [0.2, 0.25) is 5.91 Å². The average Bonchev–Trinajstić information content (AvgIpc) is 2.31. The Morgan fingerprint density at radius 3 is 2.59 bits per heavy atom. The van der Waals surface area contributed by atoms with Crippen LogP contribution in [0.1, 0.15) is 12.5 Å². The molecule has 0 aliphatic carbocycles. The van der Waals surface area contributed by atoms with Gasteiger partial charge in [-0.15, -0.1) is 11.6 Å². The van der Waals surface area contributed by atoms with Crippen molar-refractivity contribution in [3.8, 4) is 0 Å². The Balaban J connectivity index is 2.71. The highest BCUT2D eigenvalue weighted by Crippen LogP contribution is 2.11. The lowest BCUT2D eigenvalue weighted by atomic mass is 10.1. The van der Waals surface area contributed by atoms with Gasteiger partial charge in [-0.25, -0.2) is 8.78 Å². The Morgan fingerprint density at radius 2 is 2.06 bits per heavy atom. The second kappa shape index (κ2) is 5.96. The summed E-state index contributed by atoms with van der Waals surface area (Å²) in [7, 11) is 1.63. The molecule has 1 aromatic rings. The summed E-state index contributed by atoms with van der Waals surface area (Å²) in [4.78, 5) is 13.3. The van der Waals surface area contributed by atoms with E-state index in [4.69, 9.17) is 11.6 Å². The zero-order chi connectivity index (χ0) is 13.0. The molecule has 0 saturated carbocycles. The van der Waals surface area contributed by atoms with E-state index in [1.807, 2.05) is 6.92 Å². The second-order valence-corrected chi connectivity index (χ2v) is 4.24. The van der Waals surface area contributed by atoms with E-state index >= 15 is 0 Å². The Labute approximate surface area is 104 Å². The molecule has 0 N–H and O–H groups in total. The number of nitrogens with zero attached hydrogens (tertiary/aromatic N) is 1. The number of hydrogen-bond donors (Lipinski definition) is 0. The van der Waals surface area contributed by atoms with Crippen LogP contribution in [0.4, 0.5) is 8.78 Å². The van der Waals surface area contributed by atoms with Crippen LogP contribution < -0.4 is 0 Å². The van der Waals surface area contributed by atoms with Crippen molar-refractivity contribution in [2.24, 2.45) is 0 Å². The molecule has 17 heavy (non-hydrogen) atoms. The van der Waals surface area contributed by atoms with E-state index in [-0.39, 0.29) is 18.4 Å². The van der Waals surface area contributed by atoms with Gasteiger partial charge in [-0.05, 0) is 24.6 Å². The van der Waals surface area contributed by atoms with Gasteiger partial charge in [-0.1, -0.05) is 6.07 Å². The first kappa shape index (κ1) is 13.9. The Hall–Kier alpha value is -1.16. The monoisotopic (exact) mass is 261 g/mol. The predicted octanol–water partition coefficient (Wildman–Crippen LogP) is 2.59. The number of amides is 1. The number of rotatable bonds is 4. The largest absolute Gasteiger partial charge is 0.342 e. The first-order chi connectivity index (χ1) is 7.95. The molecule has 0 aromatic heterocycles. The smallest absolute Gasteiger partial charge is 0.227 e. The molecule has 1 aromatic carbocycles. The van der Waals surface area contributed by atoms with Crippen molar-refractivity contribution < 1.29 is 13.6 Å². The summed E-state index contributed by atoms with van der Waals surface area (Å²) in [5.74, 6) is -1.70. The molecule has 1 atom stereocenters. The highest BCUT2D eigenvalue weighted by molar-refractivity contribution is 6.18.